The molecule has 6 nitrogen and oxygen atoms in total. The minimum absolute atomic E-state index is 0.0715. The summed E-state index contributed by atoms with van der Waals surface area (Å²) in [5, 5.41) is 4.43. The van der Waals surface area contributed by atoms with E-state index in [9.17, 15) is 13.6 Å². The molecule has 162 valence electrons. The Hall–Kier alpha value is -3.00. The van der Waals surface area contributed by atoms with Gasteiger partial charge in [0.1, 0.15) is 17.1 Å². The number of carbonyl (C=O) groups is 1. The molecule has 2 aliphatic rings. The Labute approximate surface area is 177 Å². The van der Waals surface area contributed by atoms with E-state index in [1.807, 2.05) is 18.3 Å². The molecular formula is C23H22F2N2O4. The minimum Gasteiger partial charge on any atom is -0.496 e. The third-order valence-electron chi connectivity index (χ3n) is 5.91. The van der Waals surface area contributed by atoms with E-state index in [2.05, 4.69) is 5.10 Å². The molecule has 1 saturated carbocycles. The van der Waals surface area contributed by atoms with Crippen LogP contribution in [0.4, 0.5) is 8.78 Å². The van der Waals surface area contributed by atoms with Crippen LogP contribution in [0.3, 0.4) is 0 Å². The number of benzene rings is 1. The smallest absolute Gasteiger partial charge is 0.387 e. The topological polar surface area (TPSA) is 62.1 Å². The summed E-state index contributed by atoms with van der Waals surface area (Å²) in [5.41, 5.74) is 3.34. The summed E-state index contributed by atoms with van der Waals surface area (Å²) >= 11 is 0. The molecule has 0 atom stereocenters. The van der Waals surface area contributed by atoms with Crippen molar-refractivity contribution in [3.63, 3.8) is 0 Å². The lowest BCUT2D eigenvalue weighted by Crippen LogP contribution is -2.25. The molecule has 1 aromatic carbocycles. The van der Waals surface area contributed by atoms with Crippen LogP contribution in [0, 0.1) is 5.92 Å². The van der Waals surface area contributed by atoms with Gasteiger partial charge in [0.15, 0.2) is 5.78 Å². The van der Waals surface area contributed by atoms with Crippen LogP contribution in [0.1, 0.15) is 41.1 Å². The van der Waals surface area contributed by atoms with Crippen molar-refractivity contribution in [1.82, 2.24) is 9.61 Å². The number of hydrogen-bond acceptors (Lipinski definition) is 5. The maximum atomic E-state index is 13.2. The van der Waals surface area contributed by atoms with Crippen molar-refractivity contribution in [3.05, 3.63) is 47.8 Å². The van der Waals surface area contributed by atoms with E-state index in [-0.39, 0.29) is 22.8 Å². The first kappa shape index (κ1) is 19.9. The summed E-state index contributed by atoms with van der Waals surface area (Å²) < 4.78 is 43.5. The summed E-state index contributed by atoms with van der Waals surface area (Å²) in [5.74, 6) is 0.485. The maximum absolute atomic E-state index is 13.2. The zero-order valence-corrected chi connectivity index (χ0v) is 17.0. The third kappa shape index (κ3) is 3.87. The van der Waals surface area contributed by atoms with E-state index in [1.54, 1.807) is 16.8 Å². The Morgan fingerprint density at radius 2 is 2.03 bits per heavy atom. The van der Waals surface area contributed by atoms with Crippen molar-refractivity contribution >= 4 is 11.3 Å². The molecule has 0 N–H and O–H groups in total. The maximum Gasteiger partial charge on any atom is 0.387 e. The average molecular weight is 428 g/mol. The number of carbonyl (C=O) groups excluding carboxylic acids is 1. The van der Waals surface area contributed by atoms with E-state index in [0.29, 0.717) is 37.0 Å². The van der Waals surface area contributed by atoms with E-state index < -0.39 is 6.61 Å². The predicted octanol–water partition coefficient (Wildman–Crippen LogP) is 4.71. The lowest BCUT2D eigenvalue weighted by atomic mass is 9.97. The number of rotatable bonds is 8. The highest BCUT2D eigenvalue weighted by molar-refractivity contribution is 6.02. The van der Waals surface area contributed by atoms with Gasteiger partial charge in [-0.3, -0.25) is 4.79 Å². The number of ketones is 1. The molecule has 0 unspecified atom stereocenters. The molecule has 3 heterocycles. The number of nitrogens with zero attached hydrogens (tertiary/aromatic N) is 2. The molecule has 1 aliphatic heterocycles. The van der Waals surface area contributed by atoms with E-state index in [4.69, 9.17) is 14.2 Å². The molecule has 1 saturated heterocycles. The zero-order valence-electron chi connectivity index (χ0n) is 17.0. The van der Waals surface area contributed by atoms with Crippen LogP contribution >= 0.6 is 0 Å². The Balaban J connectivity index is 1.57. The lowest BCUT2D eigenvalue weighted by Gasteiger charge is -2.26. The fourth-order valence-corrected chi connectivity index (χ4v) is 3.95. The van der Waals surface area contributed by atoms with Gasteiger partial charge in [0, 0.05) is 24.1 Å². The first-order valence-corrected chi connectivity index (χ1v) is 10.3. The molecule has 3 aromatic rings. The molecule has 0 spiro atoms. The number of alkyl halides is 2. The summed E-state index contributed by atoms with van der Waals surface area (Å²) in [4.78, 5) is 12.8. The number of halogens is 2. The third-order valence-corrected chi connectivity index (χ3v) is 5.91. The van der Waals surface area contributed by atoms with Crippen LogP contribution in [0.15, 0.2) is 36.7 Å². The minimum atomic E-state index is -3.05. The summed E-state index contributed by atoms with van der Waals surface area (Å²) in [6.45, 7) is -1.66. The van der Waals surface area contributed by atoms with Crippen LogP contribution in [-0.4, -0.2) is 42.3 Å². The number of Topliss-reactive ketones (excluding diaryl/α,β-unsaturated/α-hetero) is 1. The Morgan fingerprint density at radius 3 is 2.68 bits per heavy atom. The van der Waals surface area contributed by atoms with Crippen LogP contribution < -0.4 is 9.47 Å². The number of hydrogen-bond donors (Lipinski definition) is 0. The Bertz CT molecular complexity index is 1140. The van der Waals surface area contributed by atoms with Crippen molar-refractivity contribution in [2.75, 3.05) is 20.3 Å². The summed E-state index contributed by atoms with van der Waals surface area (Å²) in [6.07, 6.45) is 5.89. The van der Waals surface area contributed by atoms with Gasteiger partial charge in [-0.2, -0.15) is 13.9 Å². The van der Waals surface area contributed by atoms with Crippen molar-refractivity contribution < 1.29 is 27.8 Å². The van der Waals surface area contributed by atoms with Gasteiger partial charge in [0.25, 0.3) is 0 Å². The molecule has 1 aliphatic carbocycles. The van der Waals surface area contributed by atoms with Gasteiger partial charge in [-0.15, -0.1) is 0 Å². The van der Waals surface area contributed by atoms with Crippen LogP contribution in [0.25, 0.3) is 16.6 Å². The second-order valence-electron chi connectivity index (χ2n) is 8.09. The van der Waals surface area contributed by atoms with E-state index >= 15 is 0 Å². The van der Waals surface area contributed by atoms with Crippen molar-refractivity contribution in [2.24, 2.45) is 5.92 Å². The molecule has 31 heavy (non-hydrogen) atoms. The molecule has 0 radical (unpaired) electrons. The predicted molar refractivity (Wildman–Crippen MR) is 109 cm³/mol. The van der Waals surface area contributed by atoms with Gasteiger partial charge < -0.3 is 14.2 Å². The Morgan fingerprint density at radius 1 is 1.26 bits per heavy atom. The lowest BCUT2D eigenvalue weighted by molar-refractivity contribution is -0.0502. The molecule has 5 rings (SSSR count). The van der Waals surface area contributed by atoms with Gasteiger partial charge in [0.05, 0.1) is 32.0 Å². The standard InChI is InChI=1S/C23H22F2N2O4/c1-29-20-7-15(8-21(31-23(24)25)22(20)19(28)6-13-2-3-13)17-9-26-27-10-14(4-5-18(17)27)16-11-30-12-16/h4-5,7-10,13,16,23H,2-3,6,11-12H2,1H3. The molecular weight excluding hydrogens is 406 g/mol. The largest absolute Gasteiger partial charge is 0.496 e. The van der Waals surface area contributed by atoms with Crippen molar-refractivity contribution in [2.45, 2.75) is 31.8 Å². The average Bonchev–Trinajstić information content (AvgIpc) is 3.41. The number of methoxy groups -OCH3 is 1. The summed E-state index contributed by atoms with van der Waals surface area (Å²) in [6, 6.07) is 7.12. The first-order valence-electron chi connectivity index (χ1n) is 10.3. The first-order chi connectivity index (χ1) is 15.0. The highest BCUT2D eigenvalue weighted by Crippen LogP contribution is 2.41. The SMILES string of the molecule is COc1cc(-c2cnn3cc(C4COC4)ccc23)cc(OC(F)F)c1C(=O)CC1CC1. The molecule has 2 fully saturated rings. The van der Waals surface area contributed by atoms with Gasteiger partial charge in [-0.25, -0.2) is 4.52 Å². The Kier molecular flexibility index (Phi) is 5.09. The zero-order chi connectivity index (χ0) is 21.5. The monoisotopic (exact) mass is 428 g/mol. The van der Waals surface area contributed by atoms with Crippen molar-refractivity contribution in [3.8, 4) is 22.6 Å². The fraction of sp³-hybridized carbons (Fsp3) is 0.391. The quantitative estimate of drug-likeness (QED) is 0.487. The van der Waals surface area contributed by atoms with E-state index in [0.717, 1.165) is 29.5 Å². The van der Waals surface area contributed by atoms with Crippen LogP contribution in [-0.2, 0) is 4.74 Å². The number of ether oxygens (including phenoxy) is 3. The van der Waals surface area contributed by atoms with E-state index in [1.165, 1.54) is 13.2 Å². The van der Waals surface area contributed by atoms with Crippen LogP contribution in [0.2, 0.25) is 0 Å². The summed E-state index contributed by atoms with van der Waals surface area (Å²) in [7, 11) is 1.42. The van der Waals surface area contributed by atoms with Crippen LogP contribution in [0.5, 0.6) is 11.5 Å². The van der Waals surface area contributed by atoms with Gasteiger partial charge in [-0.1, -0.05) is 6.07 Å². The fourth-order valence-electron chi connectivity index (χ4n) is 3.95. The van der Waals surface area contributed by atoms with Crippen molar-refractivity contribution in [1.29, 1.82) is 0 Å². The molecule has 0 amide bonds. The van der Waals surface area contributed by atoms with Gasteiger partial charge in [-0.05, 0) is 48.1 Å². The second-order valence-corrected chi connectivity index (χ2v) is 8.09. The second kappa shape index (κ2) is 7.92. The number of aromatic nitrogens is 2. The highest BCUT2D eigenvalue weighted by atomic mass is 19.3. The molecule has 0 bridgehead atoms. The number of pyridine rings is 1. The number of fused-ring (bicyclic) bond motifs is 1. The molecule has 8 heteroatoms. The normalized spacial score (nSPS) is 16.5. The van der Waals surface area contributed by atoms with Gasteiger partial charge in [0.2, 0.25) is 0 Å². The molecule has 2 aromatic heterocycles. The van der Waals surface area contributed by atoms with Gasteiger partial charge >= 0.3 is 6.61 Å². The highest BCUT2D eigenvalue weighted by Gasteiger charge is 2.30.